The number of halogens is 2. The molecule has 0 aliphatic heterocycles. The van der Waals surface area contributed by atoms with E-state index in [1.807, 2.05) is 12.1 Å². The number of nitrogens with one attached hydrogen (secondary N) is 1. The number of rotatable bonds is 4. The Hall–Kier alpha value is -1.59. The Morgan fingerprint density at radius 3 is 2.74 bits per heavy atom. The highest BCUT2D eigenvalue weighted by Crippen LogP contribution is 2.26. The zero-order chi connectivity index (χ0) is 13.8. The summed E-state index contributed by atoms with van der Waals surface area (Å²) in [5.41, 5.74) is 1.39. The van der Waals surface area contributed by atoms with Gasteiger partial charge in [-0.2, -0.15) is 0 Å². The Morgan fingerprint density at radius 1 is 1.26 bits per heavy atom. The van der Waals surface area contributed by atoms with Crippen LogP contribution < -0.4 is 5.32 Å². The highest BCUT2D eigenvalue weighted by Gasteiger charge is 2.12. The summed E-state index contributed by atoms with van der Waals surface area (Å²) >= 11 is 9.44. The van der Waals surface area contributed by atoms with Gasteiger partial charge >= 0.3 is 0 Å². The Balaban J connectivity index is 2.19. The predicted octanol–water partition coefficient (Wildman–Crippen LogP) is 4.62. The number of benzene rings is 2. The second kappa shape index (κ2) is 6.04. The van der Waals surface area contributed by atoms with Crippen LogP contribution in [0.25, 0.3) is 0 Å². The molecule has 0 spiro atoms. The molecule has 0 saturated carbocycles. The molecule has 0 radical (unpaired) electrons. The third-order valence-electron chi connectivity index (χ3n) is 2.58. The number of nitrogens with zero attached hydrogens (tertiary/aromatic N) is 1. The molecule has 0 fully saturated rings. The van der Waals surface area contributed by atoms with Gasteiger partial charge in [0.25, 0.3) is 5.69 Å². The first-order chi connectivity index (χ1) is 9.08. The standard InChI is InChI=1S/C13H10BrClN2O2/c14-10-5-6-11(15)9(7-10)8-16-12-3-1-2-4-13(12)17(18)19/h1-7,16H,8H2. The molecule has 6 heteroatoms. The number of nitro benzene ring substituents is 1. The van der Waals surface area contributed by atoms with E-state index in [4.69, 9.17) is 11.6 Å². The highest BCUT2D eigenvalue weighted by atomic mass is 79.9. The third kappa shape index (κ3) is 3.45. The first-order valence-corrected chi connectivity index (χ1v) is 6.66. The van der Waals surface area contributed by atoms with Gasteiger partial charge in [0.05, 0.1) is 4.92 Å². The lowest BCUT2D eigenvalue weighted by Gasteiger charge is -2.09. The topological polar surface area (TPSA) is 55.2 Å². The molecule has 0 heterocycles. The van der Waals surface area contributed by atoms with Crippen LogP contribution in [0.1, 0.15) is 5.56 Å². The average Bonchev–Trinajstić information content (AvgIpc) is 2.40. The summed E-state index contributed by atoms with van der Waals surface area (Å²) in [5, 5.41) is 14.5. The maximum absolute atomic E-state index is 10.9. The van der Waals surface area contributed by atoms with Crippen molar-refractivity contribution < 1.29 is 4.92 Å². The Morgan fingerprint density at radius 2 is 2.00 bits per heavy atom. The van der Waals surface area contributed by atoms with E-state index >= 15 is 0 Å². The van der Waals surface area contributed by atoms with Crippen molar-refractivity contribution in [3.63, 3.8) is 0 Å². The van der Waals surface area contributed by atoms with Gasteiger partial charge in [-0.05, 0) is 29.8 Å². The van der Waals surface area contributed by atoms with Gasteiger partial charge in [-0.25, -0.2) is 0 Å². The molecule has 0 atom stereocenters. The predicted molar refractivity (Wildman–Crippen MR) is 79.6 cm³/mol. The lowest BCUT2D eigenvalue weighted by atomic mass is 10.2. The van der Waals surface area contributed by atoms with E-state index in [-0.39, 0.29) is 5.69 Å². The van der Waals surface area contributed by atoms with Gasteiger partial charge < -0.3 is 5.32 Å². The van der Waals surface area contributed by atoms with Crippen LogP contribution in [0.3, 0.4) is 0 Å². The first kappa shape index (κ1) is 13.8. The minimum atomic E-state index is -0.412. The monoisotopic (exact) mass is 340 g/mol. The van der Waals surface area contributed by atoms with E-state index in [1.54, 1.807) is 24.3 Å². The fourth-order valence-corrected chi connectivity index (χ4v) is 2.24. The van der Waals surface area contributed by atoms with Crippen LogP contribution in [0.5, 0.6) is 0 Å². The number of nitro groups is 1. The number of hydrogen-bond acceptors (Lipinski definition) is 3. The van der Waals surface area contributed by atoms with Gasteiger partial charge in [0.2, 0.25) is 0 Å². The van der Waals surface area contributed by atoms with Gasteiger partial charge in [-0.15, -0.1) is 0 Å². The lowest BCUT2D eigenvalue weighted by Crippen LogP contribution is -2.03. The van der Waals surface area contributed by atoms with Crippen LogP contribution in [-0.4, -0.2) is 4.92 Å². The smallest absolute Gasteiger partial charge is 0.292 e. The quantitative estimate of drug-likeness (QED) is 0.652. The number of anilines is 1. The van der Waals surface area contributed by atoms with Crippen LogP contribution in [0.4, 0.5) is 11.4 Å². The van der Waals surface area contributed by atoms with E-state index in [0.717, 1.165) is 10.0 Å². The van der Waals surface area contributed by atoms with Crippen LogP contribution >= 0.6 is 27.5 Å². The third-order valence-corrected chi connectivity index (χ3v) is 3.44. The highest BCUT2D eigenvalue weighted by molar-refractivity contribution is 9.10. The molecule has 0 aromatic heterocycles. The average molecular weight is 342 g/mol. The van der Waals surface area contributed by atoms with Gasteiger partial charge in [0, 0.05) is 22.1 Å². The SMILES string of the molecule is O=[N+]([O-])c1ccccc1NCc1cc(Br)ccc1Cl. The zero-order valence-electron chi connectivity index (χ0n) is 9.77. The van der Waals surface area contributed by atoms with Crippen molar-refractivity contribution in [3.05, 3.63) is 67.6 Å². The van der Waals surface area contributed by atoms with Crippen molar-refractivity contribution in [1.82, 2.24) is 0 Å². The van der Waals surface area contributed by atoms with Crippen LogP contribution in [0.15, 0.2) is 46.9 Å². The molecule has 4 nitrogen and oxygen atoms in total. The van der Waals surface area contributed by atoms with Gasteiger partial charge in [0.15, 0.2) is 0 Å². The summed E-state index contributed by atoms with van der Waals surface area (Å²) in [4.78, 5) is 10.5. The molecule has 0 bridgehead atoms. The summed E-state index contributed by atoms with van der Waals surface area (Å²) in [6.45, 7) is 0.420. The maximum Gasteiger partial charge on any atom is 0.292 e. The van der Waals surface area contributed by atoms with Crippen molar-refractivity contribution >= 4 is 38.9 Å². The first-order valence-electron chi connectivity index (χ1n) is 5.49. The molecule has 2 rings (SSSR count). The summed E-state index contributed by atoms with van der Waals surface area (Å²) in [6.07, 6.45) is 0. The van der Waals surface area contributed by atoms with Gasteiger partial charge in [-0.1, -0.05) is 39.7 Å². The minimum Gasteiger partial charge on any atom is -0.375 e. The van der Waals surface area contributed by atoms with E-state index in [9.17, 15) is 10.1 Å². The summed E-state index contributed by atoms with van der Waals surface area (Å²) in [6, 6.07) is 12.0. The molecular formula is C13H10BrClN2O2. The summed E-state index contributed by atoms with van der Waals surface area (Å²) < 4.78 is 0.913. The van der Waals surface area contributed by atoms with Crippen molar-refractivity contribution in [1.29, 1.82) is 0 Å². The molecule has 1 N–H and O–H groups in total. The van der Waals surface area contributed by atoms with E-state index in [1.165, 1.54) is 6.07 Å². The second-order valence-corrected chi connectivity index (χ2v) is 5.19. The van der Waals surface area contributed by atoms with Crippen molar-refractivity contribution in [3.8, 4) is 0 Å². The number of hydrogen-bond donors (Lipinski definition) is 1. The molecule has 2 aromatic carbocycles. The van der Waals surface area contributed by atoms with Crippen molar-refractivity contribution in [2.75, 3.05) is 5.32 Å². The van der Waals surface area contributed by atoms with Crippen LogP contribution in [0.2, 0.25) is 5.02 Å². The minimum absolute atomic E-state index is 0.0496. The van der Waals surface area contributed by atoms with E-state index in [2.05, 4.69) is 21.2 Å². The maximum atomic E-state index is 10.9. The molecule has 98 valence electrons. The zero-order valence-corrected chi connectivity index (χ0v) is 12.1. The Bertz CT molecular complexity index is 619. The molecular weight excluding hydrogens is 332 g/mol. The Kier molecular flexibility index (Phi) is 4.39. The van der Waals surface area contributed by atoms with Crippen molar-refractivity contribution in [2.45, 2.75) is 6.54 Å². The largest absolute Gasteiger partial charge is 0.375 e. The van der Waals surface area contributed by atoms with Gasteiger partial charge in [-0.3, -0.25) is 10.1 Å². The fourth-order valence-electron chi connectivity index (χ4n) is 1.65. The summed E-state index contributed by atoms with van der Waals surface area (Å²) in [5.74, 6) is 0. The molecule has 0 saturated heterocycles. The Labute approximate surface area is 123 Å². The lowest BCUT2D eigenvalue weighted by molar-refractivity contribution is -0.384. The molecule has 19 heavy (non-hydrogen) atoms. The second-order valence-electron chi connectivity index (χ2n) is 3.86. The normalized spacial score (nSPS) is 10.2. The van der Waals surface area contributed by atoms with E-state index in [0.29, 0.717) is 17.3 Å². The van der Waals surface area contributed by atoms with Crippen LogP contribution in [-0.2, 0) is 6.54 Å². The summed E-state index contributed by atoms with van der Waals surface area (Å²) in [7, 11) is 0. The number of para-hydroxylation sites is 2. The van der Waals surface area contributed by atoms with Crippen molar-refractivity contribution in [2.24, 2.45) is 0 Å². The molecule has 2 aromatic rings. The molecule has 0 amide bonds. The molecule has 0 aliphatic rings. The molecule has 0 aliphatic carbocycles. The van der Waals surface area contributed by atoms with Crippen LogP contribution in [0, 0.1) is 10.1 Å². The molecule has 0 unspecified atom stereocenters. The fraction of sp³-hybridized carbons (Fsp3) is 0.0769. The van der Waals surface area contributed by atoms with Gasteiger partial charge in [0.1, 0.15) is 5.69 Å². The van der Waals surface area contributed by atoms with E-state index < -0.39 is 4.92 Å².